The minimum Gasteiger partial charge on any atom is -0.382 e. The fourth-order valence-electron chi connectivity index (χ4n) is 2.23. The van der Waals surface area contributed by atoms with Gasteiger partial charge in [-0.25, -0.2) is 4.39 Å². The highest BCUT2D eigenvalue weighted by Gasteiger charge is 2.17. The molecule has 1 fully saturated rings. The maximum Gasteiger partial charge on any atom is 0.141 e. The summed E-state index contributed by atoms with van der Waals surface area (Å²) in [5.41, 5.74) is 0.922. The Hall–Kier alpha value is -0.760. The van der Waals surface area contributed by atoms with Crippen LogP contribution in [0.3, 0.4) is 0 Å². The summed E-state index contributed by atoms with van der Waals surface area (Å²) < 4.78 is 13.0. The Bertz CT molecular complexity index is 359. The lowest BCUT2D eigenvalue weighted by atomic mass is 9.87. The molecule has 0 heterocycles. The highest BCUT2D eigenvalue weighted by Crippen LogP contribution is 2.27. The van der Waals surface area contributed by atoms with Crippen LogP contribution < -0.4 is 5.32 Å². The van der Waals surface area contributed by atoms with Crippen LogP contribution >= 0.6 is 11.6 Å². The first-order chi connectivity index (χ1) is 7.65. The van der Waals surface area contributed by atoms with E-state index in [1.807, 2.05) is 0 Å². The largest absolute Gasteiger partial charge is 0.382 e. The Balaban J connectivity index is 1.96. The van der Waals surface area contributed by atoms with Crippen molar-refractivity contribution >= 4 is 17.3 Å². The number of anilines is 1. The first-order valence-electron chi connectivity index (χ1n) is 5.87. The topological polar surface area (TPSA) is 12.0 Å². The van der Waals surface area contributed by atoms with Crippen LogP contribution in [0.15, 0.2) is 18.2 Å². The lowest BCUT2D eigenvalue weighted by molar-refractivity contribution is 0.361. The summed E-state index contributed by atoms with van der Waals surface area (Å²) in [6.45, 7) is 2.30. The molecule has 0 amide bonds. The monoisotopic (exact) mass is 241 g/mol. The van der Waals surface area contributed by atoms with Crippen LogP contribution in [0.4, 0.5) is 10.1 Å². The van der Waals surface area contributed by atoms with E-state index in [9.17, 15) is 4.39 Å². The molecule has 0 aromatic heterocycles. The normalized spacial score (nSPS) is 25.4. The Morgan fingerprint density at radius 1 is 1.25 bits per heavy atom. The zero-order valence-corrected chi connectivity index (χ0v) is 10.2. The number of benzene rings is 1. The molecule has 2 rings (SSSR count). The van der Waals surface area contributed by atoms with Crippen molar-refractivity contribution in [2.24, 2.45) is 5.92 Å². The quantitative estimate of drug-likeness (QED) is 0.806. The predicted octanol–water partition coefficient (Wildman–Crippen LogP) is 4.47. The summed E-state index contributed by atoms with van der Waals surface area (Å²) in [4.78, 5) is 0. The zero-order chi connectivity index (χ0) is 11.5. The number of hydrogen-bond acceptors (Lipinski definition) is 1. The van der Waals surface area contributed by atoms with E-state index in [1.165, 1.54) is 31.7 Å². The van der Waals surface area contributed by atoms with Gasteiger partial charge in [0.1, 0.15) is 5.82 Å². The molecule has 88 valence electrons. The van der Waals surface area contributed by atoms with Crippen molar-refractivity contribution < 1.29 is 4.39 Å². The lowest BCUT2D eigenvalue weighted by Crippen LogP contribution is -2.25. The van der Waals surface area contributed by atoms with E-state index in [2.05, 4.69) is 12.2 Å². The third kappa shape index (κ3) is 2.88. The van der Waals surface area contributed by atoms with Crippen LogP contribution in [-0.4, -0.2) is 6.04 Å². The second-order valence-electron chi connectivity index (χ2n) is 4.73. The third-order valence-electron chi connectivity index (χ3n) is 3.31. The van der Waals surface area contributed by atoms with Crippen LogP contribution in [0.5, 0.6) is 0 Å². The van der Waals surface area contributed by atoms with Gasteiger partial charge in [-0.1, -0.05) is 18.5 Å². The van der Waals surface area contributed by atoms with Gasteiger partial charge in [-0.15, -0.1) is 0 Å². The molecule has 1 N–H and O–H groups in total. The Kier molecular flexibility index (Phi) is 3.70. The van der Waals surface area contributed by atoms with Gasteiger partial charge in [-0.3, -0.25) is 0 Å². The maximum absolute atomic E-state index is 13.0. The molecule has 1 aromatic carbocycles. The third-order valence-corrected chi connectivity index (χ3v) is 3.60. The van der Waals surface area contributed by atoms with E-state index in [-0.39, 0.29) is 10.8 Å². The van der Waals surface area contributed by atoms with Gasteiger partial charge in [-0.05, 0) is 49.8 Å². The van der Waals surface area contributed by atoms with E-state index in [1.54, 1.807) is 12.1 Å². The molecule has 1 aromatic rings. The van der Waals surface area contributed by atoms with Crippen molar-refractivity contribution in [1.29, 1.82) is 0 Å². The molecular weight excluding hydrogens is 225 g/mol. The second-order valence-corrected chi connectivity index (χ2v) is 5.14. The van der Waals surface area contributed by atoms with Gasteiger partial charge in [0.2, 0.25) is 0 Å². The molecule has 1 nitrogen and oxygen atoms in total. The number of halogens is 2. The van der Waals surface area contributed by atoms with E-state index in [0.29, 0.717) is 6.04 Å². The van der Waals surface area contributed by atoms with Gasteiger partial charge in [0.25, 0.3) is 0 Å². The highest BCUT2D eigenvalue weighted by atomic mass is 35.5. The van der Waals surface area contributed by atoms with Gasteiger partial charge in [-0.2, -0.15) is 0 Å². The molecule has 16 heavy (non-hydrogen) atoms. The van der Waals surface area contributed by atoms with Gasteiger partial charge >= 0.3 is 0 Å². The number of rotatable bonds is 2. The molecule has 3 heteroatoms. The summed E-state index contributed by atoms with van der Waals surface area (Å²) in [5, 5.41) is 3.61. The fourth-order valence-corrected chi connectivity index (χ4v) is 2.41. The van der Waals surface area contributed by atoms with Gasteiger partial charge in [0.05, 0.1) is 5.02 Å². The Morgan fingerprint density at radius 3 is 2.56 bits per heavy atom. The maximum atomic E-state index is 13.0. The summed E-state index contributed by atoms with van der Waals surface area (Å²) in [5.74, 6) is 0.485. The van der Waals surface area contributed by atoms with Crippen LogP contribution in [0.2, 0.25) is 5.02 Å². The summed E-state index contributed by atoms with van der Waals surface area (Å²) >= 11 is 5.74. The minimum atomic E-state index is -0.357. The van der Waals surface area contributed by atoms with Crippen molar-refractivity contribution in [3.63, 3.8) is 0 Å². The second kappa shape index (κ2) is 5.05. The van der Waals surface area contributed by atoms with Crippen LogP contribution in [0.1, 0.15) is 32.6 Å². The fraction of sp³-hybridized carbons (Fsp3) is 0.538. The molecule has 1 aliphatic carbocycles. The molecule has 0 spiro atoms. The molecule has 0 radical (unpaired) electrons. The summed E-state index contributed by atoms with van der Waals surface area (Å²) in [6.07, 6.45) is 4.92. The average molecular weight is 242 g/mol. The van der Waals surface area contributed by atoms with Crippen LogP contribution in [0, 0.1) is 11.7 Å². The highest BCUT2D eigenvalue weighted by molar-refractivity contribution is 6.31. The number of hydrogen-bond donors (Lipinski definition) is 1. The molecule has 0 unspecified atom stereocenters. The van der Waals surface area contributed by atoms with Gasteiger partial charge < -0.3 is 5.32 Å². The van der Waals surface area contributed by atoms with Gasteiger partial charge in [0.15, 0.2) is 0 Å². The summed E-state index contributed by atoms with van der Waals surface area (Å²) in [6, 6.07) is 5.34. The lowest BCUT2D eigenvalue weighted by Gasteiger charge is -2.27. The van der Waals surface area contributed by atoms with Crippen molar-refractivity contribution in [3.8, 4) is 0 Å². The van der Waals surface area contributed by atoms with E-state index >= 15 is 0 Å². The van der Waals surface area contributed by atoms with Crippen molar-refractivity contribution in [2.45, 2.75) is 38.6 Å². The zero-order valence-electron chi connectivity index (χ0n) is 9.47. The molecule has 0 atom stereocenters. The molecular formula is C13H17ClFN. The predicted molar refractivity (Wildman–Crippen MR) is 66.5 cm³/mol. The minimum absolute atomic E-state index is 0.189. The molecule has 0 aliphatic heterocycles. The van der Waals surface area contributed by atoms with E-state index in [4.69, 9.17) is 11.6 Å². The Morgan fingerprint density at radius 2 is 1.94 bits per heavy atom. The van der Waals surface area contributed by atoms with E-state index in [0.717, 1.165) is 11.6 Å². The first kappa shape index (κ1) is 11.7. The number of nitrogens with one attached hydrogen (secondary N) is 1. The van der Waals surface area contributed by atoms with Gasteiger partial charge in [0, 0.05) is 11.7 Å². The van der Waals surface area contributed by atoms with Crippen LogP contribution in [0.25, 0.3) is 0 Å². The standard InChI is InChI=1S/C13H17ClFN/c1-9-2-4-10(5-3-9)16-11-6-7-13(15)12(14)8-11/h6-10,16H,2-5H2,1H3. The average Bonchev–Trinajstić information content (AvgIpc) is 2.27. The van der Waals surface area contributed by atoms with Crippen molar-refractivity contribution in [3.05, 3.63) is 29.0 Å². The molecule has 1 aliphatic rings. The van der Waals surface area contributed by atoms with E-state index < -0.39 is 0 Å². The smallest absolute Gasteiger partial charge is 0.141 e. The molecule has 1 saturated carbocycles. The Labute approximate surface area is 101 Å². The summed E-state index contributed by atoms with van der Waals surface area (Å²) in [7, 11) is 0. The van der Waals surface area contributed by atoms with Crippen LogP contribution in [-0.2, 0) is 0 Å². The molecule has 0 bridgehead atoms. The van der Waals surface area contributed by atoms with Crippen molar-refractivity contribution in [1.82, 2.24) is 0 Å². The first-order valence-corrected chi connectivity index (χ1v) is 6.24. The van der Waals surface area contributed by atoms with Crippen molar-refractivity contribution in [2.75, 3.05) is 5.32 Å². The molecule has 0 saturated heterocycles. The SMILES string of the molecule is CC1CCC(Nc2ccc(F)c(Cl)c2)CC1.